The molecule has 1 aromatic rings. The standard InChI is InChI=1S/C15H23ClN2OS/c1-3-13-15(16)14(18(4-2)17-13)9-11(19)10-20-12-7-5-6-8-12/h12H,3-10H2,1-2H3. The van der Waals surface area contributed by atoms with E-state index in [1.165, 1.54) is 25.7 Å². The van der Waals surface area contributed by atoms with Gasteiger partial charge in [0.05, 0.1) is 28.6 Å². The lowest BCUT2D eigenvalue weighted by molar-refractivity contribution is -0.116. The number of thioether (sulfide) groups is 1. The van der Waals surface area contributed by atoms with Crippen molar-refractivity contribution >= 4 is 29.1 Å². The molecule has 0 unspecified atom stereocenters. The van der Waals surface area contributed by atoms with Crippen LogP contribution in [0.3, 0.4) is 0 Å². The third-order valence-corrected chi connectivity index (χ3v) is 5.71. The molecule has 1 saturated carbocycles. The van der Waals surface area contributed by atoms with Crippen LogP contribution in [0, 0.1) is 0 Å². The molecule has 0 radical (unpaired) electrons. The molecule has 1 heterocycles. The molecule has 0 N–H and O–H groups in total. The molecular formula is C15H23ClN2OS. The number of aryl methyl sites for hydroxylation is 2. The topological polar surface area (TPSA) is 34.9 Å². The number of carbonyl (C=O) groups is 1. The van der Waals surface area contributed by atoms with Crippen LogP contribution >= 0.6 is 23.4 Å². The molecule has 0 spiro atoms. The maximum Gasteiger partial charge on any atom is 0.148 e. The number of nitrogens with zero attached hydrogens (tertiary/aromatic N) is 2. The van der Waals surface area contributed by atoms with Gasteiger partial charge in [0, 0.05) is 11.8 Å². The van der Waals surface area contributed by atoms with E-state index in [0.29, 0.717) is 22.4 Å². The van der Waals surface area contributed by atoms with Gasteiger partial charge < -0.3 is 0 Å². The van der Waals surface area contributed by atoms with Crippen molar-refractivity contribution in [1.29, 1.82) is 0 Å². The van der Waals surface area contributed by atoms with Gasteiger partial charge in [-0.15, -0.1) is 0 Å². The fourth-order valence-corrected chi connectivity index (χ4v) is 4.22. The smallest absolute Gasteiger partial charge is 0.148 e. The van der Waals surface area contributed by atoms with Gasteiger partial charge in [0.1, 0.15) is 5.78 Å². The summed E-state index contributed by atoms with van der Waals surface area (Å²) in [4.78, 5) is 12.2. The lowest BCUT2D eigenvalue weighted by Gasteiger charge is -2.08. The quantitative estimate of drug-likeness (QED) is 0.765. The molecule has 0 amide bonds. The van der Waals surface area contributed by atoms with Gasteiger partial charge in [-0.1, -0.05) is 31.4 Å². The Morgan fingerprint density at radius 2 is 2.10 bits per heavy atom. The second-order valence-corrected chi connectivity index (χ2v) is 6.98. The number of hydrogen-bond acceptors (Lipinski definition) is 3. The summed E-state index contributed by atoms with van der Waals surface area (Å²) in [7, 11) is 0. The second-order valence-electron chi connectivity index (χ2n) is 5.31. The molecule has 0 saturated heterocycles. The normalized spacial score (nSPS) is 15.9. The van der Waals surface area contributed by atoms with Crippen LogP contribution in [0.15, 0.2) is 0 Å². The largest absolute Gasteiger partial charge is 0.298 e. The summed E-state index contributed by atoms with van der Waals surface area (Å²) in [5.74, 6) is 0.873. The van der Waals surface area contributed by atoms with Gasteiger partial charge in [-0.05, 0) is 26.2 Å². The van der Waals surface area contributed by atoms with E-state index in [0.717, 1.165) is 24.4 Å². The molecule has 0 atom stereocenters. The zero-order chi connectivity index (χ0) is 14.5. The predicted molar refractivity (Wildman–Crippen MR) is 85.7 cm³/mol. The second kappa shape index (κ2) is 7.51. The van der Waals surface area contributed by atoms with E-state index < -0.39 is 0 Å². The van der Waals surface area contributed by atoms with Gasteiger partial charge in [0.15, 0.2) is 0 Å². The van der Waals surface area contributed by atoms with Gasteiger partial charge in [0.2, 0.25) is 0 Å². The highest BCUT2D eigenvalue weighted by Gasteiger charge is 2.20. The minimum Gasteiger partial charge on any atom is -0.298 e. The molecule has 5 heteroatoms. The van der Waals surface area contributed by atoms with Gasteiger partial charge >= 0.3 is 0 Å². The average Bonchev–Trinajstić information content (AvgIpc) is 3.06. The molecule has 112 valence electrons. The zero-order valence-electron chi connectivity index (χ0n) is 12.3. The molecule has 20 heavy (non-hydrogen) atoms. The third kappa shape index (κ3) is 3.79. The third-order valence-electron chi connectivity index (χ3n) is 3.84. The molecule has 1 fully saturated rings. The number of aromatic nitrogens is 2. The van der Waals surface area contributed by atoms with E-state index in [1.807, 2.05) is 30.3 Å². The molecule has 0 bridgehead atoms. The number of ketones is 1. The molecule has 1 aliphatic carbocycles. The van der Waals surface area contributed by atoms with Crippen LogP contribution < -0.4 is 0 Å². The van der Waals surface area contributed by atoms with Crippen molar-refractivity contribution in [2.24, 2.45) is 0 Å². The van der Waals surface area contributed by atoms with Gasteiger partial charge in [-0.2, -0.15) is 16.9 Å². The monoisotopic (exact) mass is 314 g/mol. The Kier molecular flexibility index (Phi) is 5.97. The maximum atomic E-state index is 12.2. The van der Waals surface area contributed by atoms with Crippen LogP contribution in [-0.4, -0.2) is 26.6 Å². The zero-order valence-corrected chi connectivity index (χ0v) is 13.9. The van der Waals surface area contributed by atoms with Crippen molar-refractivity contribution in [1.82, 2.24) is 9.78 Å². The highest BCUT2D eigenvalue weighted by molar-refractivity contribution is 8.00. The van der Waals surface area contributed by atoms with E-state index in [2.05, 4.69) is 5.10 Å². The van der Waals surface area contributed by atoms with Gasteiger partial charge in [-0.3, -0.25) is 9.48 Å². The van der Waals surface area contributed by atoms with Gasteiger partial charge in [-0.25, -0.2) is 0 Å². The first-order valence-corrected chi connectivity index (χ1v) is 8.95. The number of carbonyl (C=O) groups excluding carboxylic acids is 1. The van der Waals surface area contributed by atoms with E-state index in [4.69, 9.17) is 11.6 Å². The van der Waals surface area contributed by atoms with Crippen molar-refractivity contribution in [2.75, 3.05) is 5.75 Å². The minimum atomic E-state index is 0.265. The number of Topliss-reactive ketones (excluding diaryl/α,β-unsaturated/α-hetero) is 1. The maximum absolute atomic E-state index is 12.2. The van der Waals surface area contributed by atoms with Crippen molar-refractivity contribution in [3.63, 3.8) is 0 Å². The summed E-state index contributed by atoms with van der Waals surface area (Å²) in [6.45, 7) is 4.83. The van der Waals surface area contributed by atoms with Crippen LogP contribution in [0.25, 0.3) is 0 Å². The Balaban J connectivity index is 1.94. The Labute approximate surface area is 130 Å². The van der Waals surface area contributed by atoms with Crippen LogP contribution in [-0.2, 0) is 24.2 Å². The summed E-state index contributed by atoms with van der Waals surface area (Å²) in [5, 5.41) is 5.84. The lowest BCUT2D eigenvalue weighted by atomic mass is 10.2. The molecule has 1 aromatic heterocycles. The van der Waals surface area contributed by atoms with Crippen LogP contribution in [0.4, 0.5) is 0 Å². The summed E-state index contributed by atoms with van der Waals surface area (Å²) >= 11 is 8.16. The molecule has 0 aromatic carbocycles. The summed E-state index contributed by atoms with van der Waals surface area (Å²) in [5.41, 5.74) is 1.79. The average molecular weight is 315 g/mol. The lowest BCUT2D eigenvalue weighted by Crippen LogP contribution is -2.13. The fourth-order valence-electron chi connectivity index (χ4n) is 2.69. The van der Waals surface area contributed by atoms with E-state index in [1.54, 1.807) is 0 Å². The van der Waals surface area contributed by atoms with E-state index >= 15 is 0 Å². The molecular weight excluding hydrogens is 292 g/mol. The van der Waals surface area contributed by atoms with Crippen LogP contribution in [0.1, 0.15) is 50.9 Å². The first-order valence-electron chi connectivity index (χ1n) is 7.53. The Morgan fingerprint density at radius 1 is 1.40 bits per heavy atom. The van der Waals surface area contributed by atoms with E-state index in [-0.39, 0.29) is 5.78 Å². The predicted octanol–water partition coefficient (Wildman–Crippen LogP) is 3.91. The molecule has 0 aliphatic heterocycles. The summed E-state index contributed by atoms with van der Waals surface area (Å²) < 4.78 is 1.87. The van der Waals surface area contributed by atoms with Crippen molar-refractivity contribution < 1.29 is 4.79 Å². The first-order chi connectivity index (χ1) is 9.65. The molecule has 2 rings (SSSR count). The minimum absolute atomic E-state index is 0.265. The highest BCUT2D eigenvalue weighted by atomic mass is 35.5. The van der Waals surface area contributed by atoms with Crippen molar-refractivity contribution in [2.45, 2.75) is 64.2 Å². The van der Waals surface area contributed by atoms with Crippen molar-refractivity contribution in [3.8, 4) is 0 Å². The fraction of sp³-hybridized carbons (Fsp3) is 0.733. The number of rotatable bonds is 7. The summed E-state index contributed by atoms with van der Waals surface area (Å²) in [6.07, 6.45) is 6.40. The molecule has 1 aliphatic rings. The first kappa shape index (κ1) is 15.9. The number of halogens is 1. The highest BCUT2D eigenvalue weighted by Crippen LogP contribution is 2.30. The Bertz CT molecular complexity index is 467. The van der Waals surface area contributed by atoms with Gasteiger partial charge in [0.25, 0.3) is 0 Å². The SMILES string of the molecule is CCc1nn(CC)c(CC(=O)CSC2CCCC2)c1Cl. The van der Waals surface area contributed by atoms with Crippen LogP contribution in [0.5, 0.6) is 0 Å². The summed E-state index contributed by atoms with van der Waals surface area (Å²) in [6, 6.07) is 0. The molecule has 3 nitrogen and oxygen atoms in total. The van der Waals surface area contributed by atoms with Crippen LogP contribution in [0.2, 0.25) is 5.02 Å². The number of hydrogen-bond donors (Lipinski definition) is 0. The Hall–Kier alpha value is -0.480. The van der Waals surface area contributed by atoms with Crippen molar-refractivity contribution in [3.05, 3.63) is 16.4 Å². The van der Waals surface area contributed by atoms with E-state index in [9.17, 15) is 4.79 Å². The Morgan fingerprint density at radius 3 is 2.70 bits per heavy atom.